The summed E-state index contributed by atoms with van der Waals surface area (Å²) in [6, 6.07) is 5.52. The van der Waals surface area contributed by atoms with Crippen molar-refractivity contribution in [3.05, 3.63) is 41.5 Å². The number of hydrogen-bond acceptors (Lipinski definition) is 3. The Bertz CT molecular complexity index is 507. The SMILES string of the molecule is Cc1cccc2c1N[C@H](C(=O)[O-])[C@@H]1CC=C[C@H]21. The molecule has 0 saturated carbocycles. The average Bonchev–Trinajstić information content (AvgIpc) is 2.77. The van der Waals surface area contributed by atoms with Crippen LogP contribution in [0.5, 0.6) is 0 Å². The summed E-state index contributed by atoms with van der Waals surface area (Å²) in [7, 11) is 0. The van der Waals surface area contributed by atoms with Gasteiger partial charge in [-0.3, -0.25) is 0 Å². The molecule has 0 fully saturated rings. The van der Waals surface area contributed by atoms with E-state index in [-0.39, 0.29) is 11.8 Å². The third-order valence-corrected chi connectivity index (χ3v) is 3.86. The second kappa shape index (κ2) is 3.62. The van der Waals surface area contributed by atoms with Crippen LogP contribution in [0.3, 0.4) is 0 Å². The van der Waals surface area contributed by atoms with Crippen LogP contribution in [0.15, 0.2) is 30.4 Å². The van der Waals surface area contributed by atoms with Crippen molar-refractivity contribution in [3.8, 4) is 0 Å². The van der Waals surface area contributed by atoms with Crippen LogP contribution in [-0.2, 0) is 4.79 Å². The minimum Gasteiger partial charge on any atom is -0.548 e. The van der Waals surface area contributed by atoms with Crippen molar-refractivity contribution in [2.45, 2.75) is 25.3 Å². The summed E-state index contributed by atoms with van der Waals surface area (Å²) in [6.45, 7) is 2.00. The molecule has 1 aromatic rings. The second-order valence-corrected chi connectivity index (χ2v) is 4.83. The quantitative estimate of drug-likeness (QED) is 0.735. The van der Waals surface area contributed by atoms with Crippen LogP contribution in [0, 0.1) is 12.8 Å². The van der Waals surface area contributed by atoms with Gasteiger partial charge in [0.05, 0.1) is 12.0 Å². The van der Waals surface area contributed by atoms with Crippen LogP contribution in [0.4, 0.5) is 5.69 Å². The summed E-state index contributed by atoms with van der Waals surface area (Å²) in [5.74, 6) is -0.694. The first-order chi connectivity index (χ1) is 8.18. The van der Waals surface area contributed by atoms with E-state index >= 15 is 0 Å². The fraction of sp³-hybridized carbons (Fsp3) is 0.357. The van der Waals surface area contributed by atoms with Gasteiger partial charge < -0.3 is 15.2 Å². The molecule has 2 aliphatic rings. The molecule has 1 aliphatic heterocycles. The Balaban J connectivity index is 2.12. The van der Waals surface area contributed by atoms with Gasteiger partial charge in [0.15, 0.2) is 0 Å². The lowest BCUT2D eigenvalue weighted by molar-refractivity contribution is -0.308. The van der Waals surface area contributed by atoms with E-state index < -0.39 is 12.0 Å². The Kier molecular flexibility index (Phi) is 2.21. The highest BCUT2D eigenvalue weighted by Gasteiger charge is 2.37. The lowest BCUT2D eigenvalue weighted by Crippen LogP contribution is -2.49. The van der Waals surface area contributed by atoms with Crippen LogP contribution in [0.25, 0.3) is 0 Å². The van der Waals surface area contributed by atoms with Crippen molar-refractivity contribution in [2.75, 3.05) is 5.32 Å². The number of carboxylic acid groups (broad SMARTS) is 1. The lowest BCUT2D eigenvalue weighted by atomic mass is 9.78. The van der Waals surface area contributed by atoms with Gasteiger partial charge in [-0.2, -0.15) is 0 Å². The smallest absolute Gasteiger partial charge is 0.0698 e. The predicted octanol–water partition coefficient (Wildman–Crippen LogP) is 1.20. The standard InChI is InChI=1S/C14H15NO2/c1-8-4-2-6-10-9-5-3-7-11(9)13(14(16)17)15-12(8)10/h2-6,9,11,13,15H,7H2,1H3,(H,16,17)/p-1/t9-,11-,13+/m1/s1. The highest BCUT2D eigenvalue weighted by Crippen LogP contribution is 2.45. The van der Waals surface area contributed by atoms with Crippen LogP contribution < -0.4 is 10.4 Å². The first-order valence-corrected chi connectivity index (χ1v) is 5.92. The number of carbonyl (C=O) groups excluding carboxylic acids is 1. The minimum absolute atomic E-state index is 0.0919. The molecule has 3 heteroatoms. The van der Waals surface area contributed by atoms with Gasteiger partial charge in [0.2, 0.25) is 0 Å². The monoisotopic (exact) mass is 228 g/mol. The molecule has 88 valence electrons. The Morgan fingerprint density at radius 1 is 1.47 bits per heavy atom. The molecule has 0 aromatic heterocycles. The topological polar surface area (TPSA) is 52.2 Å². The van der Waals surface area contributed by atoms with Crippen molar-refractivity contribution in [3.63, 3.8) is 0 Å². The number of aliphatic carboxylic acids is 1. The van der Waals surface area contributed by atoms with Gasteiger partial charge >= 0.3 is 0 Å². The first-order valence-electron chi connectivity index (χ1n) is 5.92. The van der Waals surface area contributed by atoms with Gasteiger partial charge in [-0.25, -0.2) is 0 Å². The van der Waals surface area contributed by atoms with E-state index in [9.17, 15) is 9.90 Å². The number of fused-ring (bicyclic) bond motifs is 3. The number of anilines is 1. The number of benzene rings is 1. The van der Waals surface area contributed by atoms with Crippen molar-refractivity contribution in [1.29, 1.82) is 0 Å². The van der Waals surface area contributed by atoms with Crippen molar-refractivity contribution < 1.29 is 9.90 Å². The van der Waals surface area contributed by atoms with Gasteiger partial charge in [0.1, 0.15) is 0 Å². The molecule has 3 nitrogen and oxygen atoms in total. The average molecular weight is 228 g/mol. The fourth-order valence-corrected chi connectivity index (χ4v) is 3.01. The maximum absolute atomic E-state index is 11.2. The lowest BCUT2D eigenvalue weighted by Gasteiger charge is -2.38. The molecule has 0 saturated heterocycles. The van der Waals surface area contributed by atoms with Crippen molar-refractivity contribution in [1.82, 2.24) is 0 Å². The number of carboxylic acids is 1. The summed E-state index contributed by atoms with van der Waals surface area (Å²) < 4.78 is 0. The molecule has 1 aromatic carbocycles. The summed E-state index contributed by atoms with van der Waals surface area (Å²) in [5, 5.41) is 14.4. The van der Waals surface area contributed by atoms with Crippen molar-refractivity contribution >= 4 is 11.7 Å². The number of para-hydroxylation sites is 1. The van der Waals surface area contributed by atoms with Gasteiger partial charge in [-0.05, 0) is 30.4 Å². The first kappa shape index (κ1) is 10.4. The number of rotatable bonds is 1. The Hall–Kier alpha value is -1.77. The molecule has 0 amide bonds. The maximum Gasteiger partial charge on any atom is 0.0698 e. The molecular formula is C14H14NO2-. The summed E-state index contributed by atoms with van der Waals surface area (Å²) >= 11 is 0. The van der Waals surface area contributed by atoms with Crippen molar-refractivity contribution in [2.24, 2.45) is 5.92 Å². The molecule has 1 N–H and O–H groups in total. The fourth-order valence-electron chi connectivity index (χ4n) is 3.01. The van der Waals surface area contributed by atoms with E-state index in [1.54, 1.807) is 0 Å². The maximum atomic E-state index is 11.2. The zero-order valence-corrected chi connectivity index (χ0v) is 9.64. The minimum atomic E-state index is -1.00. The molecule has 3 rings (SSSR count). The molecule has 3 atom stereocenters. The van der Waals surface area contributed by atoms with Crippen LogP contribution in [0.1, 0.15) is 23.5 Å². The van der Waals surface area contributed by atoms with Crippen LogP contribution in [0.2, 0.25) is 0 Å². The molecule has 0 unspecified atom stereocenters. The van der Waals surface area contributed by atoms with E-state index in [0.717, 1.165) is 17.7 Å². The summed E-state index contributed by atoms with van der Waals surface area (Å²) in [5.41, 5.74) is 3.27. The Labute approximate surface area is 100 Å². The van der Waals surface area contributed by atoms with Gasteiger partial charge in [0, 0.05) is 11.6 Å². The number of carbonyl (C=O) groups is 1. The van der Waals surface area contributed by atoms with E-state index in [2.05, 4.69) is 23.5 Å². The van der Waals surface area contributed by atoms with Gasteiger partial charge in [-0.15, -0.1) is 0 Å². The zero-order chi connectivity index (χ0) is 12.0. The molecule has 17 heavy (non-hydrogen) atoms. The summed E-state index contributed by atoms with van der Waals surface area (Å²) in [4.78, 5) is 11.2. The third kappa shape index (κ3) is 1.46. The second-order valence-electron chi connectivity index (χ2n) is 4.83. The van der Waals surface area contributed by atoms with Gasteiger partial charge in [0.25, 0.3) is 0 Å². The van der Waals surface area contributed by atoms with Crippen LogP contribution in [-0.4, -0.2) is 12.0 Å². The highest BCUT2D eigenvalue weighted by molar-refractivity contribution is 5.79. The Morgan fingerprint density at radius 2 is 2.29 bits per heavy atom. The largest absolute Gasteiger partial charge is 0.548 e. The number of aryl methyl sites for hydroxylation is 1. The third-order valence-electron chi connectivity index (χ3n) is 3.86. The number of allylic oxidation sites excluding steroid dienone is 2. The molecule has 1 aliphatic carbocycles. The molecule has 0 radical (unpaired) electrons. The molecule has 1 heterocycles. The van der Waals surface area contributed by atoms with E-state index in [0.29, 0.717) is 0 Å². The molecule has 0 spiro atoms. The Morgan fingerprint density at radius 3 is 3.06 bits per heavy atom. The zero-order valence-electron chi connectivity index (χ0n) is 9.64. The van der Waals surface area contributed by atoms with Crippen LogP contribution >= 0.6 is 0 Å². The predicted molar refractivity (Wildman–Crippen MR) is 63.6 cm³/mol. The highest BCUT2D eigenvalue weighted by atomic mass is 16.4. The number of hydrogen-bond donors (Lipinski definition) is 1. The van der Waals surface area contributed by atoms with E-state index in [1.807, 2.05) is 19.1 Å². The normalized spacial score (nSPS) is 29.4. The van der Waals surface area contributed by atoms with E-state index in [1.165, 1.54) is 5.56 Å². The van der Waals surface area contributed by atoms with Gasteiger partial charge in [-0.1, -0.05) is 30.4 Å². The number of nitrogens with one attached hydrogen (secondary N) is 1. The summed E-state index contributed by atoms with van der Waals surface area (Å²) in [6.07, 6.45) is 5.01. The van der Waals surface area contributed by atoms with E-state index in [4.69, 9.17) is 0 Å². The molecule has 0 bridgehead atoms. The molecular weight excluding hydrogens is 214 g/mol.